The highest BCUT2D eigenvalue weighted by Crippen LogP contribution is 2.30. The zero-order chi connectivity index (χ0) is 15.6. The Morgan fingerprint density at radius 2 is 2.23 bits per heavy atom. The summed E-state index contributed by atoms with van der Waals surface area (Å²) in [5.41, 5.74) is 0.880. The van der Waals surface area contributed by atoms with Gasteiger partial charge >= 0.3 is 0 Å². The maximum Gasteiger partial charge on any atom is 0.222 e. The number of rotatable bonds is 5. The zero-order valence-electron chi connectivity index (χ0n) is 12.9. The Bertz CT molecular complexity index is 628. The highest BCUT2D eigenvalue weighted by Gasteiger charge is 2.33. The molecule has 2 aromatic heterocycles. The van der Waals surface area contributed by atoms with Crippen molar-refractivity contribution in [3.63, 3.8) is 0 Å². The van der Waals surface area contributed by atoms with E-state index in [0.717, 1.165) is 37.0 Å². The second kappa shape index (κ2) is 6.04. The number of H-pyrrole nitrogens is 1. The molecule has 1 aliphatic carbocycles. The van der Waals surface area contributed by atoms with E-state index in [2.05, 4.69) is 15.0 Å². The molecule has 1 aliphatic rings. The first-order valence-electron chi connectivity index (χ1n) is 7.82. The van der Waals surface area contributed by atoms with Gasteiger partial charge in [0.1, 0.15) is 5.82 Å². The molecule has 1 amide bonds. The van der Waals surface area contributed by atoms with Crippen molar-refractivity contribution in [3.05, 3.63) is 24.2 Å². The van der Waals surface area contributed by atoms with Gasteiger partial charge in [-0.1, -0.05) is 12.8 Å². The molecule has 2 aromatic rings. The van der Waals surface area contributed by atoms with Gasteiger partial charge in [-0.25, -0.2) is 9.97 Å². The van der Waals surface area contributed by atoms with Crippen LogP contribution in [0.2, 0.25) is 0 Å². The standard InChI is InChI=1S/C16H22N4O2/c1-20(11-16(22)8-2-3-9-16)14(21)7-6-13-18-12-5-4-10-17-15(12)19-13/h4-5,10,22H,2-3,6-9,11H2,1H3,(H,17,18,19). The summed E-state index contributed by atoms with van der Waals surface area (Å²) in [4.78, 5) is 25.6. The maximum absolute atomic E-state index is 12.2. The lowest BCUT2D eigenvalue weighted by Crippen LogP contribution is -2.42. The molecule has 3 rings (SSSR count). The van der Waals surface area contributed by atoms with Crippen molar-refractivity contribution >= 4 is 17.1 Å². The molecule has 118 valence electrons. The van der Waals surface area contributed by atoms with Crippen LogP contribution in [0.1, 0.15) is 37.9 Å². The number of pyridine rings is 1. The van der Waals surface area contributed by atoms with Crippen molar-refractivity contribution in [1.29, 1.82) is 0 Å². The van der Waals surface area contributed by atoms with Crippen molar-refractivity contribution in [1.82, 2.24) is 19.9 Å². The van der Waals surface area contributed by atoms with Crippen LogP contribution in [-0.2, 0) is 11.2 Å². The van der Waals surface area contributed by atoms with Gasteiger partial charge in [-0.2, -0.15) is 0 Å². The molecule has 1 saturated carbocycles. The Morgan fingerprint density at radius 1 is 1.45 bits per heavy atom. The van der Waals surface area contributed by atoms with Gasteiger partial charge in [0.15, 0.2) is 5.65 Å². The van der Waals surface area contributed by atoms with E-state index in [1.807, 2.05) is 12.1 Å². The lowest BCUT2D eigenvalue weighted by atomic mass is 10.0. The molecule has 0 radical (unpaired) electrons. The molecule has 6 heteroatoms. The molecule has 0 aliphatic heterocycles. The molecule has 0 saturated heterocycles. The third kappa shape index (κ3) is 3.27. The van der Waals surface area contributed by atoms with E-state index in [9.17, 15) is 9.90 Å². The normalized spacial score (nSPS) is 17.0. The fourth-order valence-electron chi connectivity index (χ4n) is 3.15. The summed E-state index contributed by atoms with van der Waals surface area (Å²) < 4.78 is 0. The van der Waals surface area contributed by atoms with Crippen molar-refractivity contribution < 1.29 is 9.90 Å². The number of amides is 1. The van der Waals surface area contributed by atoms with Gasteiger partial charge in [-0.05, 0) is 25.0 Å². The second-order valence-electron chi connectivity index (χ2n) is 6.24. The number of hydrogen-bond acceptors (Lipinski definition) is 4. The number of likely N-dealkylation sites (N-methyl/N-ethyl adjacent to an activating group) is 1. The number of nitrogens with one attached hydrogen (secondary N) is 1. The Balaban J connectivity index is 1.55. The van der Waals surface area contributed by atoms with E-state index in [1.165, 1.54) is 0 Å². The highest BCUT2D eigenvalue weighted by molar-refractivity contribution is 5.76. The first kappa shape index (κ1) is 15.0. The van der Waals surface area contributed by atoms with Crippen LogP contribution in [0.3, 0.4) is 0 Å². The molecule has 0 atom stereocenters. The summed E-state index contributed by atoms with van der Waals surface area (Å²) in [5.74, 6) is 0.809. The van der Waals surface area contributed by atoms with Crippen LogP contribution in [0.4, 0.5) is 0 Å². The molecular formula is C16H22N4O2. The minimum absolute atomic E-state index is 0.0359. The largest absolute Gasteiger partial charge is 0.388 e. The van der Waals surface area contributed by atoms with Gasteiger partial charge in [0, 0.05) is 32.6 Å². The molecule has 22 heavy (non-hydrogen) atoms. The number of hydrogen-bond donors (Lipinski definition) is 2. The number of aliphatic hydroxyl groups is 1. The molecule has 6 nitrogen and oxygen atoms in total. The summed E-state index contributed by atoms with van der Waals surface area (Å²) in [5, 5.41) is 10.4. The summed E-state index contributed by atoms with van der Waals surface area (Å²) in [6.07, 6.45) is 6.31. The predicted octanol–water partition coefficient (Wildman–Crippen LogP) is 1.65. The number of carbonyl (C=O) groups excluding carboxylic acids is 1. The molecular weight excluding hydrogens is 280 g/mol. The van der Waals surface area contributed by atoms with Crippen LogP contribution in [0.5, 0.6) is 0 Å². The smallest absolute Gasteiger partial charge is 0.222 e. The van der Waals surface area contributed by atoms with Crippen LogP contribution in [0.15, 0.2) is 18.3 Å². The van der Waals surface area contributed by atoms with Crippen LogP contribution in [0, 0.1) is 0 Å². The molecule has 0 unspecified atom stereocenters. The fraction of sp³-hybridized carbons (Fsp3) is 0.562. The molecule has 0 bridgehead atoms. The Hall–Kier alpha value is -1.95. The number of imidazole rings is 1. The molecule has 1 fully saturated rings. The summed E-state index contributed by atoms with van der Waals surface area (Å²) in [7, 11) is 1.76. The van der Waals surface area contributed by atoms with Gasteiger partial charge < -0.3 is 15.0 Å². The first-order valence-corrected chi connectivity index (χ1v) is 7.82. The van der Waals surface area contributed by atoms with Crippen LogP contribution in [-0.4, -0.2) is 50.1 Å². The van der Waals surface area contributed by atoms with Crippen LogP contribution >= 0.6 is 0 Å². The van der Waals surface area contributed by atoms with Gasteiger partial charge in [0.25, 0.3) is 0 Å². The Kier molecular flexibility index (Phi) is 4.11. The first-order chi connectivity index (χ1) is 10.6. The number of aryl methyl sites for hydroxylation is 1. The quantitative estimate of drug-likeness (QED) is 0.880. The van der Waals surface area contributed by atoms with E-state index in [4.69, 9.17) is 0 Å². The van der Waals surface area contributed by atoms with E-state index in [-0.39, 0.29) is 5.91 Å². The van der Waals surface area contributed by atoms with Crippen LogP contribution < -0.4 is 0 Å². The lowest BCUT2D eigenvalue weighted by Gasteiger charge is -2.28. The monoisotopic (exact) mass is 302 g/mol. The molecule has 0 aromatic carbocycles. The second-order valence-corrected chi connectivity index (χ2v) is 6.24. The number of aromatic amines is 1. The van der Waals surface area contributed by atoms with Gasteiger partial charge in [-0.15, -0.1) is 0 Å². The van der Waals surface area contributed by atoms with Gasteiger partial charge in [0.05, 0.1) is 11.1 Å². The van der Waals surface area contributed by atoms with Crippen molar-refractivity contribution in [2.45, 2.75) is 44.1 Å². The summed E-state index contributed by atoms with van der Waals surface area (Å²) >= 11 is 0. The number of fused-ring (bicyclic) bond motifs is 1. The van der Waals surface area contributed by atoms with E-state index in [1.54, 1.807) is 18.1 Å². The van der Waals surface area contributed by atoms with Crippen molar-refractivity contribution in [2.75, 3.05) is 13.6 Å². The van der Waals surface area contributed by atoms with E-state index >= 15 is 0 Å². The minimum Gasteiger partial charge on any atom is -0.388 e. The van der Waals surface area contributed by atoms with Gasteiger partial charge in [0.2, 0.25) is 5.91 Å². The van der Waals surface area contributed by atoms with Crippen LogP contribution in [0.25, 0.3) is 11.2 Å². The summed E-state index contributed by atoms with van der Waals surface area (Å²) in [6.45, 7) is 0.424. The van der Waals surface area contributed by atoms with E-state index < -0.39 is 5.60 Å². The molecule has 2 N–H and O–H groups in total. The van der Waals surface area contributed by atoms with Gasteiger partial charge in [-0.3, -0.25) is 4.79 Å². The fourth-order valence-corrected chi connectivity index (χ4v) is 3.15. The average molecular weight is 302 g/mol. The number of aromatic nitrogens is 3. The number of nitrogens with zero attached hydrogens (tertiary/aromatic N) is 3. The molecule has 0 spiro atoms. The lowest BCUT2D eigenvalue weighted by molar-refractivity contribution is -0.133. The van der Waals surface area contributed by atoms with E-state index in [0.29, 0.717) is 25.0 Å². The third-order valence-electron chi connectivity index (χ3n) is 4.37. The van der Waals surface area contributed by atoms with Crippen molar-refractivity contribution in [2.24, 2.45) is 0 Å². The van der Waals surface area contributed by atoms with Crippen molar-refractivity contribution in [3.8, 4) is 0 Å². The Labute approximate surface area is 129 Å². The minimum atomic E-state index is -0.687. The summed E-state index contributed by atoms with van der Waals surface area (Å²) in [6, 6.07) is 3.77. The third-order valence-corrected chi connectivity index (χ3v) is 4.37. The predicted molar refractivity (Wildman–Crippen MR) is 83.3 cm³/mol. The Morgan fingerprint density at radius 3 is 2.95 bits per heavy atom. The zero-order valence-corrected chi connectivity index (χ0v) is 12.9. The topological polar surface area (TPSA) is 82.1 Å². The highest BCUT2D eigenvalue weighted by atomic mass is 16.3. The maximum atomic E-state index is 12.2. The molecule has 2 heterocycles. The average Bonchev–Trinajstić information content (AvgIpc) is 3.10. The number of carbonyl (C=O) groups is 1. The SMILES string of the molecule is CN(CC1(O)CCCC1)C(=O)CCc1nc2ncccc2[nH]1.